The number of amides is 1. The molecule has 0 saturated carbocycles. The van der Waals surface area contributed by atoms with Crippen molar-refractivity contribution in [2.45, 2.75) is 32.2 Å². The van der Waals surface area contributed by atoms with Crippen LogP contribution in [0.15, 0.2) is 60.8 Å². The molecule has 0 radical (unpaired) electrons. The third-order valence-corrected chi connectivity index (χ3v) is 4.70. The molecule has 136 valence electrons. The highest BCUT2D eigenvalue weighted by Gasteiger charge is 2.26. The fourth-order valence-electron chi connectivity index (χ4n) is 2.89. The van der Waals surface area contributed by atoms with Crippen molar-refractivity contribution in [3.63, 3.8) is 0 Å². The van der Waals surface area contributed by atoms with Crippen LogP contribution in [-0.2, 0) is 0 Å². The Morgan fingerprint density at radius 2 is 1.85 bits per heavy atom. The lowest BCUT2D eigenvalue weighted by atomic mass is 9.92. The summed E-state index contributed by atoms with van der Waals surface area (Å²) >= 11 is 0. The first-order valence-electron chi connectivity index (χ1n) is 9.02. The quantitative estimate of drug-likeness (QED) is 0.685. The number of nitrogens with one attached hydrogen (secondary N) is 1. The molecule has 4 heteroatoms. The molecular weight excluding hydrogens is 339 g/mol. The normalized spacial score (nSPS) is 10.9. The molecule has 2 aromatic carbocycles. The van der Waals surface area contributed by atoms with Crippen molar-refractivity contribution in [2.75, 3.05) is 0 Å². The summed E-state index contributed by atoms with van der Waals surface area (Å²) in [4.78, 5) is 16.9. The highest BCUT2D eigenvalue weighted by molar-refractivity contribution is 5.98. The SMILES string of the molecule is CCC(C#Cc1ccccc1)(CC)NC(=O)c1cnc2c(F)cccc2c1. The molecule has 3 rings (SSSR count). The molecule has 0 aliphatic heterocycles. The monoisotopic (exact) mass is 360 g/mol. The second-order valence-corrected chi connectivity index (χ2v) is 6.39. The van der Waals surface area contributed by atoms with Crippen LogP contribution in [0.5, 0.6) is 0 Å². The Labute approximate surface area is 158 Å². The van der Waals surface area contributed by atoms with Gasteiger partial charge in [0.2, 0.25) is 0 Å². The molecule has 0 fully saturated rings. The fourth-order valence-corrected chi connectivity index (χ4v) is 2.89. The molecule has 0 saturated heterocycles. The van der Waals surface area contributed by atoms with Gasteiger partial charge >= 0.3 is 0 Å². The van der Waals surface area contributed by atoms with Gasteiger partial charge in [-0.1, -0.05) is 56.0 Å². The van der Waals surface area contributed by atoms with Crippen LogP contribution in [0, 0.1) is 17.7 Å². The van der Waals surface area contributed by atoms with E-state index in [4.69, 9.17) is 0 Å². The number of carbonyl (C=O) groups is 1. The van der Waals surface area contributed by atoms with Crippen LogP contribution in [0.1, 0.15) is 42.6 Å². The van der Waals surface area contributed by atoms with Crippen LogP contribution in [0.25, 0.3) is 10.9 Å². The first kappa shape index (κ1) is 18.6. The number of carbonyl (C=O) groups excluding carboxylic acids is 1. The van der Waals surface area contributed by atoms with Crippen molar-refractivity contribution in [3.05, 3.63) is 77.7 Å². The third-order valence-electron chi connectivity index (χ3n) is 4.70. The van der Waals surface area contributed by atoms with E-state index < -0.39 is 11.4 Å². The van der Waals surface area contributed by atoms with E-state index in [0.717, 1.165) is 5.56 Å². The maximum absolute atomic E-state index is 13.8. The Balaban J connectivity index is 1.88. The molecule has 0 aliphatic rings. The summed E-state index contributed by atoms with van der Waals surface area (Å²) in [5.41, 5.74) is 0.918. The number of hydrogen-bond donors (Lipinski definition) is 1. The standard InChI is InChI=1S/C23H21FN2O/c1-3-23(4-2,14-13-17-9-6-5-7-10-17)26-22(27)19-15-18-11-8-12-20(24)21(18)25-16-19/h5-12,15-16H,3-4H2,1-2H3,(H,26,27). The van der Waals surface area contributed by atoms with Gasteiger partial charge in [0.05, 0.1) is 5.56 Å². The Kier molecular flexibility index (Phi) is 5.52. The highest BCUT2D eigenvalue weighted by atomic mass is 19.1. The van der Waals surface area contributed by atoms with Gasteiger partial charge in [0, 0.05) is 17.1 Å². The lowest BCUT2D eigenvalue weighted by Gasteiger charge is -2.27. The zero-order valence-corrected chi connectivity index (χ0v) is 15.4. The predicted octanol–water partition coefficient (Wildman–Crippen LogP) is 4.71. The minimum absolute atomic E-state index is 0.259. The number of halogens is 1. The molecule has 1 aromatic heterocycles. The summed E-state index contributed by atoms with van der Waals surface area (Å²) < 4.78 is 13.8. The van der Waals surface area contributed by atoms with Gasteiger partial charge in [0.15, 0.2) is 0 Å². The van der Waals surface area contributed by atoms with Crippen LogP contribution < -0.4 is 5.32 Å². The molecule has 27 heavy (non-hydrogen) atoms. The molecule has 1 heterocycles. The van der Waals surface area contributed by atoms with E-state index in [-0.39, 0.29) is 11.4 Å². The van der Waals surface area contributed by atoms with Crippen molar-refractivity contribution >= 4 is 16.8 Å². The van der Waals surface area contributed by atoms with E-state index in [1.807, 2.05) is 44.2 Å². The first-order chi connectivity index (χ1) is 13.1. The molecule has 1 amide bonds. The van der Waals surface area contributed by atoms with Gasteiger partial charge < -0.3 is 5.32 Å². The third kappa shape index (κ3) is 4.15. The van der Waals surface area contributed by atoms with Gasteiger partial charge in [0.25, 0.3) is 5.91 Å². The lowest BCUT2D eigenvalue weighted by molar-refractivity contribution is 0.0916. The minimum atomic E-state index is -0.635. The summed E-state index contributed by atoms with van der Waals surface area (Å²) in [6.45, 7) is 3.99. The highest BCUT2D eigenvalue weighted by Crippen LogP contribution is 2.19. The van der Waals surface area contributed by atoms with Crippen molar-refractivity contribution in [3.8, 4) is 11.8 Å². The van der Waals surface area contributed by atoms with E-state index >= 15 is 0 Å². The van der Waals surface area contributed by atoms with Gasteiger partial charge in [-0.15, -0.1) is 0 Å². The van der Waals surface area contributed by atoms with Crippen LogP contribution in [0.2, 0.25) is 0 Å². The molecule has 0 atom stereocenters. The number of hydrogen-bond acceptors (Lipinski definition) is 2. The summed E-state index contributed by atoms with van der Waals surface area (Å²) in [5.74, 6) is 5.72. The maximum atomic E-state index is 13.8. The van der Waals surface area contributed by atoms with Gasteiger partial charge in [-0.25, -0.2) is 4.39 Å². The second-order valence-electron chi connectivity index (χ2n) is 6.39. The number of rotatable bonds is 4. The Bertz CT molecular complexity index is 1010. The van der Waals surface area contributed by atoms with Crippen LogP contribution in [-0.4, -0.2) is 16.4 Å². The molecule has 0 bridgehead atoms. The number of fused-ring (bicyclic) bond motifs is 1. The van der Waals surface area contributed by atoms with Crippen molar-refractivity contribution in [1.29, 1.82) is 0 Å². The predicted molar refractivity (Wildman–Crippen MR) is 106 cm³/mol. The summed E-state index contributed by atoms with van der Waals surface area (Å²) in [6.07, 6.45) is 2.75. The van der Waals surface area contributed by atoms with Crippen LogP contribution in [0.3, 0.4) is 0 Å². The number of nitrogens with zero attached hydrogens (tertiary/aromatic N) is 1. The first-order valence-corrected chi connectivity index (χ1v) is 9.02. The van der Waals surface area contributed by atoms with E-state index in [2.05, 4.69) is 22.1 Å². The average molecular weight is 360 g/mol. The molecule has 1 N–H and O–H groups in total. The Hall–Kier alpha value is -3.19. The number of benzene rings is 2. The lowest BCUT2D eigenvalue weighted by Crippen LogP contribution is -2.46. The second kappa shape index (κ2) is 8.01. The van der Waals surface area contributed by atoms with E-state index in [0.29, 0.717) is 23.8 Å². The largest absolute Gasteiger partial charge is 0.336 e. The number of para-hydroxylation sites is 1. The van der Waals surface area contributed by atoms with Gasteiger partial charge in [0.1, 0.15) is 16.9 Å². The van der Waals surface area contributed by atoms with E-state index in [9.17, 15) is 9.18 Å². The molecule has 0 aliphatic carbocycles. The Morgan fingerprint density at radius 1 is 1.11 bits per heavy atom. The smallest absolute Gasteiger partial charge is 0.254 e. The maximum Gasteiger partial charge on any atom is 0.254 e. The number of aromatic nitrogens is 1. The summed E-state index contributed by atoms with van der Waals surface area (Å²) in [6, 6.07) is 16.0. The summed E-state index contributed by atoms with van der Waals surface area (Å²) in [7, 11) is 0. The zero-order valence-electron chi connectivity index (χ0n) is 15.4. The molecule has 0 spiro atoms. The zero-order chi connectivity index (χ0) is 19.3. The Morgan fingerprint density at radius 3 is 2.56 bits per heavy atom. The number of pyridine rings is 1. The molecule has 3 nitrogen and oxygen atoms in total. The van der Waals surface area contributed by atoms with Gasteiger partial charge in [-0.2, -0.15) is 0 Å². The minimum Gasteiger partial charge on any atom is -0.336 e. The van der Waals surface area contributed by atoms with Gasteiger partial charge in [-0.3, -0.25) is 9.78 Å². The average Bonchev–Trinajstić information content (AvgIpc) is 2.72. The summed E-state index contributed by atoms with van der Waals surface area (Å²) in [5, 5.41) is 3.64. The van der Waals surface area contributed by atoms with Crippen LogP contribution >= 0.6 is 0 Å². The van der Waals surface area contributed by atoms with Crippen molar-refractivity contribution < 1.29 is 9.18 Å². The van der Waals surface area contributed by atoms with Gasteiger partial charge in [-0.05, 0) is 37.1 Å². The van der Waals surface area contributed by atoms with Crippen LogP contribution in [0.4, 0.5) is 4.39 Å². The van der Waals surface area contributed by atoms with E-state index in [1.54, 1.807) is 18.2 Å². The fraction of sp³-hybridized carbons (Fsp3) is 0.217. The van der Waals surface area contributed by atoms with Crippen molar-refractivity contribution in [1.82, 2.24) is 10.3 Å². The molecule has 0 unspecified atom stereocenters. The molecule has 3 aromatic rings. The topological polar surface area (TPSA) is 42.0 Å². The van der Waals surface area contributed by atoms with E-state index in [1.165, 1.54) is 12.3 Å². The molecular formula is C23H21FN2O. The van der Waals surface area contributed by atoms with Crippen molar-refractivity contribution in [2.24, 2.45) is 0 Å².